The standard InChI is InChI=1S/C17H27NO3/c1-16(2,3)21-15(19)18-13-5-6-14(18)8-12(7-13)9-17(4)10-20-11-17/h7,13-14H,5-6,8-11H2,1-4H3. The molecule has 0 aliphatic carbocycles. The molecule has 1 amide bonds. The Balaban J connectivity index is 1.68. The van der Waals surface area contributed by atoms with Gasteiger partial charge in [-0.05, 0) is 46.5 Å². The fourth-order valence-corrected chi connectivity index (χ4v) is 3.75. The minimum absolute atomic E-state index is 0.150. The summed E-state index contributed by atoms with van der Waals surface area (Å²) in [5.74, 6) is 0. The normalized spacial score (nSPS) is 30.7. The maximum absolute atomic E-state index is 12.4. The van der Waals surface area contributed by atoms with E-state index in [0.717, 1.165) is 38.9 Å². The highest BCUT2D eigenvalue weighted by atomic mass is 16.6. The van der Waals surface area contributed by atoms with E-state index in [1.165, 1.54) is 5.57 Å². The van der Waals surface area contributed by atoms with E-state index in [1.54, 1.807) is 0 Å². The first-order chi connectivity index (χ1) is 9.76. The summed E-state index contributed by atoms with van der Waals surface area (Å²) in [5.41, 5.74) is 1.41. The van der Waals surface area contributed by atoms with Gasteiger partial charge in [0.25, 0.3) is 0 Å². The summed E-state index contributed by atoms with van der Waals surface area (Å²) in [6, 6.07) is 0.563. The summed E-state index contributed by atoms with van der Waals surface area (Å²) in [5, 5.41) is 0. The topological polar surface area (TPSA) is 38.8 Å². The van der Waals surface area contributed by atoms with Crippen LogP contribution in [0.25, 0.3) is 0 Å². The highest BCUT2D eigenvalue weighted by Gasteiger charge is 2.43. The van der Waals surface area contributed by atoms with Crippen LogP contribution < -0.4 is 0 Å². The van der Waals surface area contributed by atoms with Crippen LogP contribution in [0.15, 0.2) is 11.6 Å². The molecular formula is C17H27NO3. The summed E-state index contributed by atoms with van der Waals surface area (Å²) in [4.78, 5) is 14.4. The van der Waals surface area contributed by atoms with Crippen molar-refractivity contribution in [2.75, 3.05) is 13.2 Å². The number of rotatable bonds is 2. The van der Waals surface area contributed by atoms with E-state index >= 15 is 0 Å². The molecule has 3 rings (SSSR count). The van der Waals surface area contributed by atoms with Gasteiger partial charge in [-0.1, -0.05) is 18.6 Å². The molecule has 3 aliphatic heterocycles. The number of hydrogen-bond donors (Lipinski definition) is 0. The van der Waals surface area contributed by atoms with Gasteiger partial charge in [-0.2, -0.15) is 0 Å². The number of nitrogens with zero attached hydrogens (tertiary/aromatic N) is 1. The number of amides is 1. The maximum atomic E-state index is 12.4. The van der Waals surface area contributed by atoms with Gasteiger partial charge >= 0.3 is 6.09 Å². The molecule has 118 valence electrons. The minimum Gasteiger partial charge on any atom is -0.444 e. The molecule has 0 aromatic heterocycles. The van der Waals surface area contributed by atoms with Crippen LogP contribution in [0.1, 0.15) is 53.4 Å². The molecule has 4 heteroatoms. The molecular weight excluding hydrogens is 266 g/mol. The lowest BCUT2D eigenvalue weighted by Gasteiger charge is -2.41. The Morgan fingerprint density at radius 3 is 2.67 bits per heavy atom. The second-order valence-corrected chi connectivity index (χ2v) is 8.20. The van der Waals surface area contributed by atoms with E-state index in [4.69, 9.17) is 9.47 Å². The van der Waals surface area contributed by atoms with E-state index in [2.05, 4.69) is 13.0 Å². The second kappa shape index (κ2) is 5.01. The Morgan fingerprint density at radius 2 is 2.14 bits per heavy atom. The van der Waals surface area contributed by atoms with Crippen LogP contribution in [-0.4, -0.2) is 41.9 Å². The third-order valence-electron chi connectivity index (χ3n) is 4.63. The van der Waals surface area contributed by atoms with Crippen LogP contribution in [0, 0.1) is 5.41 Å². The third kappa shape index (κ3) is 3.10. The smallest absolute Gasteiger partial charge is 0.411 e. The molecule has 3 heterocycles. The van der Waals surface area contributed by atoms with Gasteiger partial charge in [-0.25, -0.2) is 4.79 Å². The average Bonchev–Trinajstić information content (AvgIpc) is 2.57. The zero-order chi connectivity index (χ0) is 15.3. The number of carbonyl (C=O) groups excluding carboxylic acids is 1. The van der Waals surface area contributed by atoms with Gasteiger partial charge in [0, 0.05) is 11.5 Å². The molecule has 2 atom stereocenters. The molecule has 0 N–H and O–H groups in total. The molecule has 0 aromatic carbocycles. The van der Waals surface area contributed by atoms with Gasteiger partial charge in [-0.15, -0.1) is 0 Å². The molecule has 3 aliphatic rings. The molecule has 2 bridgehead atoms. The molecule has 0 aromatic rings. The van der Waals surface area contributed by atoms with Crippen molar-refractivity contribution in [1.82, 2.24) is 4.90 Å². The summed E-state index contributed by atoms with van der Waals surface area (Å²) in [6.45, 7) is 9.81. The number of ether oxygens (including phenoxy) is 2. The molecule has 21 heavy (non-hydrogen) atoms. The van der Waals surface area contributed by atoms with Crippen molar-refractivity contribution in [2.24, 2.45) is 5.41 Å². The lowest BCUT2D eigenvalue weighted by atomic mass is 9.79. The number of carbonyl (C=O) groups is 1. The van der Waals surface area contributed by atoms with Gasteiger partial charge in [0.15, 0.2) is 0 Å². The van der Waals surface area contributed by atoms with Crippen molar-refractivity contribution < 1.29 is 14.3 Å². The molecule has 2 unspecified atom stereocenters. The molecule has 0 saturated carbocycles. The first kappa shape index (κ1) is 14.9. The van der Waals surface area contributed by atoms with E-state index in [0.29, 0.717) is 11.5 Å². The SMILES string of the molecule is CC1(CC2=CC3CCC(C2)N3C(=O)OC(C)(C)C)COC1. The fourth-order valence-electron chi connectivity index (χ4n) is 3.75. The lowest BCUT2D eigenvalue weighted by Crippen LogP contribution is -2.47. The van der Waals surface area contributed by atoms with Crippen molar-refractivity contribution in [3.63, 3.8) is 0 Å². The highest BCUT2D eigenvalue weighted by molar-refractivity contribution is 5.70. The summed E-state index contributed by atoms with van der Waals surface area (Å²) in [6.07, 6.45) is 6.45. The Bertz CT molecular complexity index is 459. The monoisotopic (exact) mass is 293 g/mol. The zero-order valence-electron chi connectivity index (χ0n) is 13.6. The van der Waals surface area contributed by atoms with Gasteiger partial charge in [0.05, 0.1) is 19.3 Å². The Kier molecular flexibility index (Phi) is 3.55. The zero-order valence-corrected chi connectivity index (χ0v) is 13.6. The average molecular weight is 293 g/mol. The third-order valence-corrected chi connectivity index (χ3v) is 4.63. The largest absolute Gasteiger partial charge is 0.444 e. The van der Waals surface area contributed by atoms with E-state index < -0.39 is 5.60 Å². The second-order valence-electron chi connectivity index (χ2n) is 8.20. The number of hydrogen-bond acceptors (Lipinski definition) is 3. The molecule has 0 spiro atoms. The maximum Gasteiger partial charge on any atom is 0.411 e. The van der Waals surface area contributed by atoms with Crippen molar-refractivity contribution in [1.29, 1.82) is 0 Å². The van der Waals surface area contributed by atoms with E-state index in [-0.39, 0.29) is 12.1 Å². The summed E-state index contributed by atoms with van der Waals surface area (Å²) < 4.78 is 10.9. The fraction of sp³-hybridized carbons (Fsp3) is 0.824. The first-order valence-corrected chi connectivity index (χ1v) is 8.04. The van der Waals surface area contributed by atoms with Gasteiger partial charge in [0.2, 0.25) is 0 Å². The van der Waals surface area contributed by atoms with E-state index in [1.807, 2.05) is 25.7 Å². The van der Waals surface area contributed by atoms with Gasteiger partial charge < -0.3 is 9.47 Å². The Labute approximate surface area is 127 Å². The van der Waals surface area contributed by atoms with Crippen molar-refractivity contribution in [3.05, 3.63) is 11.6 Å². The van der Waals surface area contributed by atoms with Crippen LogP contribution in [0.4, 0.5) is 4.79 Å². The predicted octanol–water partition coefficient (Wildman–Crippen LogP) is 3.51. The van der Waals surface area contributed by atoms with E-state index in [9.17, 15) is 4.79 Å². The Morgan fingerprint density at radius 1 is 1.43 bits per heavy atom. The molecule has 4 nitrogen and oxygen atoms in total. The van der Waals surface area contributed by atoms with Crippen molar-refractivity contribution in [3.8, 4) is 0 Å². The molecule has 0 radical (unpaired) electrons. The van der Waals surface area contributed by atoms with Gasteiger partial charge in [0.1, 0.15) is 5.60 Å². The van der Waals surface area contributed by atoms with Crippen molar-refractivity contribution >= 4 is 6.09 Å². The van der Waals surface area contributed by atoms with Crippen LogP contribution in [0.5, 0.6) is 0 Å². The van der Waals surface area contributed by atoms with Crippen LogP contribution >= 0.6 is 0 Å². The van der Waals surface area contributed by atoms with Gasteiger partial charge in [-0.3, -0.25) is 4.90 Å². The summed E-state index contributed by atoms with van der Waals surface area (Å²) in [7, 11) is 0. The quantitative estimate of drug-likeness (QED) is 0.731. The van der Waals surface area contributed by atoms with Crippen molar-refractivity contribution in [2.45, 2.75) is 71.1 Å². The summed E-state index contributed by atoms with van der Waals surface area (Å²) >= 11 is 0. The molecule has 2 saturated heterocycles. The highest BCUT2D eigenvalue weighted by Crippen LogP contribution is 2.41. The molecule has 2 fully saturated rings. The first-order valence-electron chi connectivity index (χ1n) is 8.04. The van der Waals surface area contributed by atoms with Crippen LogP contribution in [-0.2, 0) is 9.47 Å². The van der Waals surface area contributed by atoms with Crippen LogP contribution in [0.2, 0.25) is 0 Å². The number of fused-ring (bicyclic) bond motifs is 2. The minimum atomic E-state index is -0.419. The lowest BCUT2D eigenvalue weighted by molar-refractivity contribution is -0.101. The predicted molar refractivity (Wildman–Crippen MR) is 81.1 cm³/mol. The van der Waals surface area contributed by atoms with Crippen LogP contribution in [0.3, 0.4) is 0 Å². The Hall–Kier alpha value is -1.03.